The Bertz CT molecular complexity index is 543. The second-order valence-electron chi connectivity index (χ2n) is 4.32. The minimum Gasteiger partial charge on any atom is -0.480 e. The highest BCUT2D eigenvalue weighted by atomic mass is 19.4. The average molecular weight is 307 g/mol. The topological polar surface area (TPSA) is 66.4 Å². The van der Waals surface area contributed by atoms with Gasteiger partial charge in [0.2, 0.25) is 0 Å². The van der Waals surface area contributed by atoms with Gasteiger partial charge in [0.05, 0.1) is 11.1 Å². The predicted octanol–water partition coefficient (Wildman–Crippen LogP) is 2.83. The molecule has 0 aliphatic rings. The molecule has 1 rings (SSSR count). The van der Waals surface area contributed by atoms with Crippen molar-refractivity contribution in [1.82, 2.24) is 5.32 Å². The number of hydrogen-bond acceptors (Lipinski definition) is 2. The summed E-state index contributed by atoms with van der Waals surface area (Å²) in [6.45, 7) is 1.67. The zero-order valence-corrected chi connectivity index (χ0v) is 11.0. The third kappa shape index (κ3) is 4.17. The lowest BCUT2D eigenvalue weighted by atomic mass is 10.1. The first kappa shape index (κ1) is 16.9. The molecule has 0 aliphatic carbocycles. The van der Waals surface area contributed by atoms with Gasteiger partial charge in [-0.1, -0.05) is 19.4 Å². The smallest absolute Gasteiger partial charge is 0.419 e. The fourth-order valence-corrected chi connectivity index (χ4v) is 1.71. The lowest BCUT2D eigenvalue weighted by molar-refractivity contribution is -0.140. The number of rotatable bonds is 5. The Morgan fingerprint density at radius 3 is 2.43 bits per heavy atom. The summed E-state index contributed by atoms with van der Waals surface area (Å²) in [5.41, 5.74) is -2.41. The molecule has 1 aromatic rings. The molecular weight excluding hydrogens is 294 g/mol. The van der Waals surface area contributed by atoms with E-state index in [9.17, 15) is 27.2 Å². The number of carboxylic acid groups (broad SMARTS) is 1. The van der Waals surface area contributed by atoms with Gasteiger partial charge in [0.15, 0.2) is 0 Å². The Morgan fingerprint density at radius 1 is 1.33 bits per heavy atom. The van der Waals surface area contributed by atoms with Gasteiger partial charge in [-0.15, -0.1) is 0 Å². The molecule has 21 heavy (non-hydrogen) atoms. The summed E-state index contributed by atoms with van der Waals surface area (Å²) < 4.78 is 51.3. The Morgan fingerprint density at radius 2 is 1.95 bits per heavy atom. The van der Waals surface area contributed by atoms with Crippen LogP contribution >= 0.6 is 0 Å². The summed E-state index contributed by atoms with van der Waals surface area (Å²) in [6, 6.07) is 0.977. The zero-order chi connectivity index (χ0) is 16.2. The molecule has 1 amide bonds. The van der Waals surface area contributed by atoms with Gasteiger partial charge >= 0.3 is 12.1 Å². The first-order valence-corrected chi connectivity index (χ1v) is 6.07. The first-order chi connectivity index (χ1) is 9.68. The van der Waals surface area contributed by atoms with Crippen molar-refractivity contribution in [3.8, 4) is 0 Å². The Hall–Kier alpha value is -2.12. The summed E-state index contributed by atoms with van der Waals surface area (Å²) in [7, 11) is 0. The first-order valence-electron chi connectivity index (χ1n) is 6.07. The molecule has 1 atom stereocenters. The number of hydrogen-bond donors (Lipinski definition) is 2. The maximum Gasteiger partial charge on any atom is 0.419 e. The second kappa shape index (κ2) is 6.55. The van der Waals surface area contributed by atoms with Crippen molar-refractivity contribution in [3.05, 3.63) is 35.1 Å². The minimum absolute atomic E-state index is 0.0850. The summed E-state index contributed by atoms with van der Waals surface area (Å²) >= 11 is 0. The zero-order valence-electron chi connectivity index (χ0n) is 11.0. The van der Waals surface area contributed by atoms with Gasteiger partial charge in [0.25, 0.3) is 5.91 Å². The normalized spacial score (nSPS) is 12.8. The number of nitrogens with one attached hydrogen (secondary N) is 1. The largest absolute Gasteiger partial charge is 0.480 e. The molecule has 116 valence electrons. The van der Waals surface area contributed by atoms with Crippen LogP contribution in [0, 0.1) is 5.82 Å². The Kier molecular flexibility index (Phi) is 5.28. The van der Waals surface area contributed by atoms with Gasteiger partial charge in [-0.2, -0.15) is 13.2 Å². The molecule has 4 nitrogen and oxygen atoms in total. The monoisotopic (exact) mass is 307 g/mol. The van der Waals surface area contributed by atoms with E-state index < -0.39 is 41.0 Å². The second-order valence-corrected chi connectivity index (χ2v) is 4.32. The van der Waals surface area contributed by atoms with Crippen molar-refractivity contribution < 1.29 is 32.3 Å². The van der Waals surface area contributed by atoms with Gasteiger partial charge in [-0.05, 0) is 18.6 Å². The molecule has 0 radical (unpaired) electrons. The fourth-order valence-electron chi connectivity index (χ4n) is 1.71. The Balaban J connectivity index is 3.06. The van der Waals surface area contributed by atoms with Crippen LogP contribution in [0.25, 0.3) is 0 Å². The van der Waals surface area contributed by atoms with Crippen molar-refractivity contribution in [2.75, 3.05) is 0 Å². The quantitative estimate of drug-likeness (QED) is 0.822. The van der Waals surface area contributed by atoms with E-state index in [1.54, 1.807) is 6.92 Å². The number of carbonyl (C=O) groups excluding carboxylic acids is 1. The van der Waals surface area contributed by atoms with E-state index in [1.165, 1.54) is 0 Å². The van der Waals surface area contributed by atoms with Crippen molar-refractivity contribution in [2.24, 2.45) is 0 Å². The number of amides is 1. The maximum absolute atomic E-state index is 13.7. The number of carboxylic acids is 1. The van der Waals surface area contributed by atoms with E-state index in [-0.39, 0.29) is 6.42 Å². The van der Waals surface area contributed by atoms with Crippen LogP contribution < -0.4 is 5.32 Å². The molecule has 0 bridgehead atoms. The summed E-state index contributed by atoms with van der Waals surface area (Å²) in [4.78, 5) is 22.6. The highest BCUT2D eigenvalue weighted by molar-refractivity contribution is 5.97. The summed E-state index contributed by atoms with van der Waals surface area (Å²) in [5.74, 6) is -4.25. The van der Waals surface area contributed by atoms with E-state index in [1.807, 2.05) is 5.32 Å². The molecule has 0 heterocycles. The lowest BCUT2D eigenvalue weighted by Crippen LogP contribution is -2.41. The number of alkyl halides is 3. The van der Waals surface area contributed by atoms with Gasteiger partial charge < -0.3 is 10.4 Å². The van der Waals surface area contributed by atoms with E-state index >= 15 is 0 Å². The molecule has 1 aromatic carbocycles. The number of carbonyl (C=O) groups is 2. The molecule has 0 unspecified atom stereocenters. The van der Waals surface area contributed by atoms with Crippen molar-refractivity contribution >= 4 is 11.9 Å². The molecule has 0 spiro atoms. The van der Waals surface area contributed by atoms with Crippen molar-refractivity contribution in [1.29, 1.82) is 0 Å². The molecule has 0 saturated carbocycles. The number of halogens is 4. The molecule has 2 N–H and O–H groups in total. The maximum atomic E-state index is 13.7. The average Bonchev–Trinajstić information content (AvgIpc) is 2.36. The summed E-state index contributed by atoms with van der Waals surface area (Å²) in [6.07, 6.45) is -4.42. The molecule has 0 aliphatic heterocycles. The molecule has 0 fully saturated rings. The molecular formula is C13H13F4NO3. The van der Waals surface area contributed by atoms with E-state index in [0.717, 1.165) is 12.1 Å². The van der Waals surface area contributed by atoms with Gasteiger partial charge in [0.1, 0.15) is 11.9 Å². The highest BCUT2D eigenvalue weighted by Crippen LogP contribution is 2.32. The van der Waals surface area contributed by atoms with Crippen LogP contribution in [-0.4, -0.2) is 23.0 Å². The molecule has 0 saturated heterocycles. The standard InChI is InChI=1S/C13H13F4NO3/c1-2-4-9(12(20)21)18-11(19)7-5-3-6-8(10(7)14)13(15,16)17/h3,5-6,9H,2,4H2,1H3,(H,18,19)(H,20,21)/t9-/m1/s1. The van der Waals surface area contributed by atoms with Gasteiger partial charge in [0, 0.05) is 0 Å². The van der Waals surface area contributed by atoms with Crippen LogP contribution in [0.3, 0.4) is 0 Å². The minimum atomic E-state index is -4.93. The van der Waals surface area contributed by atoms with Crippen LogP contribution in [0.4, 0.5) is 17.6 Å². The van der Waals surface area contributed by atoms with Crippen molar-refractivity contribution in [2.45, 2.75) is 32.0 Å². The third-order valence-corrected chi connectivity index (χ3v) is 2.73. The molecule has 0 aromatic heterocycles. The molecule has 8 heteroatoms. The lowest BCUT2D eigenvalue weighted by Gasteiger charge is -2.15. The van der Waals surface area contributed by atoms with E-state index in [0.29, 0.717) is 12.5 Å². The van der Waals surface area contributed by atoms with Crippen LogP contribution in [0.5, 0.6) is 0 Å². The number of aliphatic carboxylic acids is 1. The SMILES string of the molecule is CCC[C@@H](NC(=O)c1cccc(C(F)(F)F)c1F)C(=O)O. The van der Waals surface area contributed by atoms with Crippen LogP contribution in [-0.2, 0) is 11.0 Å². The fraction of sp³-hybridized carbons (Fsp3) is 0.385. The van der Waals surface area contributed by atoms with Crippen LogP contribution in [0.2, 0.25) is 0 Å². The van der Waals surface area contributed by atoms with Gasteiger partial charge in [-0.25, -0.2) is 9.18 Å². The third-order valence-electron chi connectivity index (χ3n) is 2.73. The van der Waals surface area contributed by atoms with Crippen LogP contribution in [0.15, 0.2) is 18.2 Å². The van der Waals surface area contributed by atoms with E-state index in [4.69, 9.17) is 5.11 Å². The predicted molar refractivity (Wildman–Crippen MR) is 65.2 cm³/mol. The van der Waals surface area contributed by atoms with Crippen molar-refractivity contribution in [3.63, 3.8) is 0 Å². The van der Waals surface area contributed by atoms with Crippen LogP contribution in [0.1, 0.15) is 35.7 Å². The number of benzene rings is 1. The Labute approximate surface area is 117 Å². The highest BCUT2D eigenvalue weighted by Gasteiger charge is 2.36. The van der Waals surface area contributed by atoms with E-state index in [2.05, 4.69) is 0 Å². The summed E-state index contributed by atoms with van der Waals surface area (Å²) in [5, 5.41) is 10.9. The van der Waals surface area contributed by atoms with Gasteiger partial charge in [-0.3, -0.25) is 4.79 Å².